The van der Waals surface area contributed by atoms with E-state index in [4.69, 9.17) is 10.5 Å². The summed E-state index contributed by atoms with van der Waals surface area (Å²) in [5.41, 5.74) is 7.38. The van der Waals surface area contributed by atoms with Crippen LogP contribution in [0.4, 0.5) is 0 Å². The summed E-state index contributed by atoms with van der Waals surface area (Å²) in [5.74, 6) is 1.62. The predicted octanol–water partition coefficient (Wildman–Crippen LogP) is 3.28. The van der Waals surface area contributed by atoms with Crippen LogP contribution in [0.5, 0.6) is 5.75 Å². The summed E-state index contributed by atoms with van der Waals surface area (Å²) in [4.78, 5) is 2.37. The molecule has 0 aromatic heterocycles. The molecule has 0 spiro atoms. The molecule has 0 saturated heterocycles. The third-order valence-electron chi connectivity index (χ3n) is 4.20. The van der Waals surface area contributed by atoms with Gasteiger partial charge in [0.05, 0.1) is 7.11 Å². The topological polar surface area (TPSA) is 38.5 Å². The van der Waals surface area contributed by atoms with Crippen molar-refractivity contribution in [1.29, 1.82) is 0 Å². The lowest BCUT2D eigenvalue weighted by atomic mass is 9.90. The molecule has 1 unspecified atom stereocenters. The molecule has 0 aliphatic carbocycles. The molecule has 0 aliphatic rings. The Morgan fingerprint density at radius 2 is 1.85 bits per heavy atom. The van der Waals surface area contributed by atoms with Gasteiger partial charge >= 0.3 is 0 Å². The van der Waals surface area contributed by atoms with Crippen LogP contribution in [0.1, 0.15) is 39.2 Å². The van der Waals surface area contributed by atoms with Gasteiger partial charge in [-0.2, -0.15) is 0 Å². The van der Waals surface area contributed by atoms with Crippen LogP contribution in [-0.4, -0.2) is 31.1 Å². The van der Waals surface area contributed by atoms with E-state index in [0.29, 0.717) is 6.54 Å². The molecule has 1 rings (SSSR count). The summed E-state index contributed by atoms with van der Waals surface area (Å²) >= 11 is 0. The summed E-state index contributed by atoms with van der Waals surface area (Å²) in [6.07, 6.45) is 2.34. The number of nitrogens with two attached hydrogens (primary N) is 1. The van der Waals surface area contributed by atoms with E-state index in [1.54, 1.807) is 7.11 Å². The monoisotopic (exact) mass is 278 g/mol. The molecule has 0 radical (unpaired) electrons. The molecule has 0 heterocycles. The number of nitrogens with zero attached hydrogens (tertiary/aromatic N) is 1. The minimum atomic E-state index is 0.0597. The van der Waals surface area contributed by atoms with Crippen molar-refractivity contribution >= 4 is 0 Å². The van der Waals surface area contributed by atoms with Gasteiger partial charge in [0.25, 0.3) is 0 Å². The Morgan fingerprint density at radius 3 is 2.30 bits per heavy atom. The smallest absolute Gasteiger partial charge is 0.118 e. The zero-order chi connectivity index (χ0) is 15.2. The molecule has 3 heteroatoms. The second-order valence-electron chi connectivity index (χ2n) is 6.34. The highest BCUT2D eigenvalue weighted by Gasteiger charge is 2.27. The highest BCUT2D eigenvalue weighted by molar-refractivity contribution is 5.27. The predicted molar refractivity (Wildman–Crippen MR) is 86.0 cm³/mol. The standard InChI is InChI=1S/C17H30N2O/c1-14(2)10-11-17(3,13-18)19(4)12-15-6-8-16(20-5)9-7-15/h6-9,14H,10-13,18H2,1-5H3. The van der Waals surface area contributed by atoms with Crippen molar-refractivity contribution in [2.75, 3.05) is 20.7 Å². The molecule has 2 N–H and O–H groups in total. The largest absolute Gasteiger partial charge is 0.497 e. The fourth-order valence-electron chi connectivity index (χ4n) is 2.24. The molecule has 1 aromatic carbocycles. The van der Waals surface area contributed by atoms with E-state index < -0.39 is 0 Å². The fourth-order valence-corrected chi connectivity index (χ4v) is 2.24. The number of methoxy groups -OCH3 is 1. The molecule has 3 nitrogen and oxygen atoms in total. The average molecular weight is 278 g/mol. The van der Waals surface area contributed by atoms with E-state index in [-0.39, 0.29) is 5.54 Å². The summed E-state index contributed by atoms with van der Waals surface area (Å²) in [7, 11) is 3.86. The number of benzene rings is 1. The Kier molecular flexibility index (Phi) is 6.50. The van der Waals surface area contributed by atoms with E-state index in [0.717, 1.165) is 24.6 Å². The summed E-state index contributed by atoms with van der Waals surface area (Å²) in [5, 5.41) is 0. The Labute approximate surface area is 124 Å². The van der Waals surface area contributed by atoms with Crippen molar-refractivity contribution in [3.05, 3.63) is 29.8 Å². The highest BCUT2D eigenvalue weighted by atomic mass is 16.5. The van der Waals surface area contributed by atoms with Gasteiger partial charge in [0.1, 0.15) is 5.75 Å². The lowest BCUT2D eigenvalue weighted by molar-refractivity contribution is 0.119. The first-order valence-corrected chi connectivity index (χ1v) is 7.45. The number of rotatable bonds is 8. The molecule has 1 aromatic rings. The lowest BCUT2D eigenvalue weighted by Crippen LogP contribution is -2.49. The molecule has 0 aliphatic heterocycles. The molecule has 0 amide bonds. The first kappa shape index (κ1) is 17.0. The first-order chi connectivity index (χ1) is 9.41. The van der Waals surface area contributed by atoms with E-state index in [1.807, 2.05) is 12.1 Å². The minimum absolute atomic E-state index is 0.0597. The van der Waals surface area contributed by atoms with Crippen molar-refractivity contribution in [3.8, 4) is 5.75 Å². The average Bonchev–Trinajstić information content (AvgIpc) is 2.45. The second kappa shape index (κ2) is 7.65. The maximum absolute atomic E-state index is 6.03. The van der Waals surface area contributed by atoms with Crippen LogP contribution in [0.25, 0.3) is 0 Å². The molecule has 20 heavy (non-hydrogen) atoms. The van der Waals surface area contributed by atoms with Crippen LogP contribution in [0.2, 0.25) is 0 Å². The Bertz CT molecular complexity index is 388. The van der Waals surface area contributed by atoms with Crippen molar-refractivity contribution in [3.63, 3.8) is 0 Å². The molecule has 0 saturated carbocycles. The van der Waals surface area contributed by atoms with Gasteiger partial charge in [-0.1, -0.05) is 26.0 Å². The van der Waals surface area contributed by atoms with Crippen LogP contribution in [-0.2, 0) is 6.54 Å². The van der Waals surface area contributed by atoms with Gasteiger partial charge in [-0.25, -0.2) is 0 Å². The minimum Gasteiger partial charge on any atom is -0.497 e. The SMILES string of the molecule is COc1ccc(CN(C)C(C)(CN)CCC(C)C)cc1. The first-order valence-electron chi connectivity index (χ1n) is 7.45. The van der Waals surface area contributed by atoms with E-state index >= 15 is 0 Å². The van der Waals surface area contributed by atoms with Crippen molar-refractivity contribution < 1.29 is 4.74 Å². The Balaban J connectivity index is 2.67. The van der Waals surface area contributed by atoms with Gasteiger partial charge < -0.3 is 10.5 Å². The van der Waals surface area contributed by atoms with Crippen molar-refractivity contribution in [1.82, 2.24) is 4.90 Å². The third-order valence-corrected chi connectivity index (χ3v) is 4.20. The summed E-state index contributed by atoms with van der Waals surface area (Å²) in [6, 6.07) is 8.26. The molecule has 114 valence electrons. The Morgan fingerprint density at radius 1 is 1.25 bits per heavy atom. The van der Waals surface area contributed by atoms with Crippen molar-refractivity contribution in [2.24, 2.45) is 11.7 Å². The number of hydrogen-bond donors (Lipinski definition) is 1. The molecular formula is C17H30N2O. The number of ether oxygens (including phenoxy) is 1. The van der Waals surface area contributed by atoms with Crippen LogP contribution in [0, 0.1) is 5.92 Å². The quantitative estimate of drug-likeness (QED) is 0.793. The van der Waals surface area contributed by atoms with Gasteiger partial charge in [-0.05, 0) is 50.4 Å². The van der Waals surface area contributed by atoms with Crippen LogP contribution in [0.3, 0.4) is 0 Å². The van der Waals surface area contributed by atoms with E-state index in [9.17, 15) is 0 Å². The maximum Gasteiger partial charge on any atom is 0.118 e. The number of hydrogen-bond acceptors (Lipinski definition) is 3. The van der Waals surface area contributed by atoms with Crippen LogP contribution in [0.15, 0.2) is 24.3 Å². The van der Waals surface area contributed by atoms with Crippen LogP contribution >= 0.6 is 0 Å². The second-order valence-corrected chi connectivity index (χ2v) is 6.34. The zero-order valence-corrected chi connectivity index (χ0v) is 13.6. The zero-order valence-electron chi connectivity index (χ0n) is 13.6. The molecular weight excluding hydrogens is 248 g/mol. The van der Waals surface area contributed by atoms with Gasteiger partial charge in [-0.15, -0.1) is 0 Å². The number of likely N-dealkylation sites (N-methyl/N-ethyl adjacent to an activating group) is 1. The molecule has 1 atom stereocenters. The van der Waals surface area contributed by atoms with E-state index in [1.165, 1.54) is 12.0 Å². The van der Waals surface area contributed by atoms with Gasteiger partial charge in [0, 0.05) is 18.6 Å². The highest BCUT2D eigenvalue weighted by Crippen LogP contribution is 2.24. The van der Waals surface area contributed by atoms with E-state index in [2.05, 4.69) is 44.9 Å². The molecule has 0 bridgehead atoms. The lowest BCUT2D eigenvalue weighted by Gasteiger charge is -2.39. The summed E-state index contributed by atoms with van der Waals surface area (Å²) in [6.45, 7) is 8.39. The molecule has 0 fully saturated rings. The fraction of sp³-hybridized carbons (Fsp3) is 0.647. The maximum atomic E-state index is 6.03. The van der Waals surface area contributed by atoms with Crippen LogP contribution < -0.4 is 10.5 Å². The Hall–Kier alpha value is -1.06. The van der Waals surface area contributed by atoms with Crippen molar-refractivity contribution in [2.45, 2.75) is 45.7 Å². The van der Waals surface area contributed by atoms with Gasteiger partial charge in [0.2, 0.25) is 0 Å². The summed E-state index contributed by atoms with van der Waals surface area (Å²) < 4.78 is 5.19. The third kappa shape index (κ3) is 4.80. The van der Waals surface area contributed by atoms with Gasteiger partial charge in [-0.3, -0.25) is 4.90 Å². The normalized spacial score (nSPS) is 14.6. The van der Waals surface area contributed by atoms with Gasteiger partial charge in [0.15, 0.2) is 0 Å².